The maximum absolute atomic E-state index is 12.1. The van der Waals surface area contributed by atoms with Gasteiger partial charge >= 0.3 is 11.9 Å². The largest absolute Gasteiger partial charge is 0.463 e. The highest BCUT2D eigenvalue weighted by molar-refractivity contribution is 5.94. The fraction of sp³-hybridized carbons (Fsp3) is 0.316. The van der Waals surface area contributed by atoms with Gasteiger partial charge in [0.2, 0.25) is 5.88 Å². The lowest BCUT2D eigenvalue weighted by atomic mass is 10.2. The van der Waals surface area contributed by atoms with Crippen LogP contribution in [0, 0.1) is 11.3 Å². The number of para-hydroxylation sites is 2. The molecule has 0 bridgehead atoms. The molecule has 7 nitrogen and oxygen atoms in total. The zero-order chi connectivity index (χ0) is 18.9. The van der Waals surface area contributed by atoms with Crippen LogP contribution >= 0.6 is 0 Å². The zero-order valence-corrected chi connectivity index (χ0v) is 14.6. The van der Waals surface area contributed by atoms with Crippen LogP contribution in [0.1, 0.15) is 19.8 Å². The van der Waals surface area contributed by atoms with Gasteiger partial charge in [-0.3, -0.25) is 0 Å². The van der Waals surface area contributed by atoms with Gasteiger partial charge in [0.15, 0.2) is 11.3 Å². The van der Waals surface area contributed by atoms with Crippen molar-refractivity contribution in [1.29, 1.82) is 5.26 Å². The van der Waals surface area contributed by atoms with Crippen molar-refractivity contribution in [3.63, 3.8) is 0 Å². The number of nitriles is 1. The van der Waals surface area contributed by atoms with Crippen molar-refractivity contribution in [3.8, 4) is 11.8 Å². The number of hydrogen-bond acceptors (Lipinski definition) is 7. The fourth-order valence-corrected chi connectivity index (χ4v) is 2.43. The second-order valence-electron chi connectivity index (χ2n) is 5.31. The molecular weight excluding hydrogens is 336 g/mol. The van der Waals surface area contributed by atoms with Crippen molar-refractivity contribution < 1.29 is 23.8 Å². The molecule has 2 rings (SSSR count). The highest BCUT2D eigenvalue weighted by Crippen LogP contribution is 2.39. The molecule has 1 heterocycles. The van der Waals surface area contributed by atoms with Crippen LogP contribution in [-0.2, 0) is 19.1 Å². The van der Waals surface area contributed by atoms with E-state index in [1.165, 1.54) is 0 Å². The Morgan fingerprint density at radius 2 is 2.08 bits per heavy atom. The summed E-state index contributed by atoms with van der Waals surface area (Å²) in [5.74, 6) is -0.454. The number of unbranched alkanes of at least 4 members (excludes halogenated alkanes) is 1. The van der Waals surface area contributed by atoms with Gasteiger partial charge in [-0.2, -0.15) is 5.26 Å². The molecule has 0 saturated heterocycles. The molecule has 0 amide bonds. The fourth-order valence-electron chi connectivity index (χ4n) is 2.43. The summed E-state index contributed by atoms with van der Waals surface area (Å²) in [5.41, 5.74) is 0.587. The normalized spacial score (nSPS) is 13.9. The molecular formula is C19H20N2O5. The lowest BCUT2D eigenvalue weighted by molar-refractivity contribution is -0.139. The van der Waals surface area contributed by atoms with E-state index in [9.17, 15) is 14.9 Å². The third kappa shape index (κ3) is 4.42. The predicted molar refractivity (Wildman–Crippen MR) is 94.1 cm³/mol. The summed E-state index contributed by atoms with van der Waals surface area (Å²) in [6.07, 6.45) is 2.39. The Kier molecular flexibility index (Phi) is 6.80. The first kappa shape index (κ1) is 19.1. The van der Waals surface area contributed by atoms with Gasteiger partial charge in [-0.15, -0.1) is 0 Å². The van der Waals surface area contributed by atoms with Crippen LogP contribution in [0.2, 0.25) is 0 Å². The molecule has 1 aliphatic rings. The van der Waals surface area contributed by atoms with Crippen molar-refractivity contribution in [2.75, 3.05) is 24.7 Å². The molecule has 0 saturated carbocycles. The summed E-state index contributed by atoms with van der Waals surface area (Å²) < 4.78 is 15.6. The molecule has 0 radical (unpaired) electrons. The number of ether oxygens (including phenoxy) is 3. The van der Waals surface area contributed by atoms with Crippen molar-refractivity contribution >= 4 is 17.6 Å². The number of benzene rings is 1. The predicted octanol–water partition coefficient (Wildman–Crippen LogP) is 2.69. The van der Waals surface area contributed by atoms with E-state index in [-0.39, 0.29) is 24.7 Å². The highest BCUT2D eigenvalue weighted by Gasteiger charge is 2.32. The Morgan fingerprint density at radius 1 is 1.31 bits per heavy atom. The van der Waals surface area contributed by atoms with Crippen molar-refractivity contribution in [2.45, 2.75) is 19.8 Å². The molecule has 0 aromatic heterocycles. The van der Waals surface area contributed by atoms with Crippen LogP contribution in [0.25, 0.3) is 0 Å². The van der Waals surface area contributed by atoms with Crippen LogP contribution < -0.4 is 9.64 Å². The molecule has 0 N–H and O–H groups in total. The third-order valence-electron chi connectivity index (χ3n) is 3.60. The number of esters is 2. The van der Waals surface area contributed by atoms with Gasteiger partial charge in [0.05, 0.1) is 18.9 Å². The first-order valence-electron chi connectivity index (χ1n) is 8.27. The number of hydrogen-bond donors (Lipinski definition) is 0. The molecule has 1 aromatic rings. The number of anilines is 1. The Bertz CT molecular complexity index is 763. The Labute approximate surface area is 152 Å². The molecule has 7 heteroatoms. The standard InChI is InChI=1S/C19H20N2O5/c1-3-17(22)25-12-8-7-11-21-15-9-5-6-10-16(15)26-18(21)14(13-20)19(23)24-4-2/h3,5-6,9-10H,1,4,7-8,11-12H2,2H3/b18-14-. The Hall–Kier alpha value is -3.27. The number of fused-ring (bicyclic) bond motifs is 1. The maximum Gasteiger partial charge on any atom is 0.354 e. The van der Waals surface area contributed by atoms with Crippen molar-refractivity contribution in [1.82, 2.24) is 0 Å². The van der Waals surface area contributed by atoms with Crippen LogP contribution in [0.15, 0.2) is 48.4 Å². The average Bonchev–Trinajstić information content (AvgIpc) is 3.00. The summed E-state index contributed by atoms with van der Waals surface area (Å²) in [5, 5.41) is 9.40. The van der Waals surface area contributed by atoms with Gasteiger partial charge in [0.25, 0.3) is 0 Å². The molecule has 26 heavy (non-hydrogen) atoms. The van der Waals surface area contributed by atoms with Crippen LogP contribution in [0.5, 0.6) is 5.75 Å². The summed E-state index contributed by atoms with van der Waals surface area (Å²) in [4.78, 5) is 24.9. The molecule has 136 valence electrons. The first-order valence-corrected chi connectivity index (χ1v) is 8.27. The van der Waals surface area contributed by atoms with Gasteiger partial charge in [-0.1, -0.05) is 18.7 Å². The molecule has 0 aliphatic carbocycles. The Morgan fingerprint density at radius 3 is 2.77 bits per heavy atom. The SMILES string of the molecule is C=CC(=O)OCCCCN1/C(=C(\C#N)C(=O)OCC)Oc2ccccc21. The molecule has 0 spiro atoms. The van der Waals surface area contributed by atoms with Crippen LogP contribution in [0.4, 0.5) is 5.69 Å². The van der Waals surface area contributed by atoms with E-state index < -0.39 is 11.9 Å². The minimum Gasteiger partial charge on any atom is -0.463 e. The van der Waals surface area contributed by atoms with Crippen LogP contribution in [0.3, 0.4) is 0 Å². The summed E-state index contributed by atoms with van der Waals surface area (Å²) in [6.45, 7) is 5.93. The second-order valence-corrected chi connectivity index (χ2v) is 5.31. The van der Waals surface area contributed by atoms with E-state index in [2.05, 4.69) is 6.58 Å². The van der Waals surface area contributed by atoms with E-state index in [4.69, 9.17) is 14.2 Å². The average molecular weight is 356 g/mol. The molecule has 0 unspecified atom stereocenters. The topological polar surface area (TPSA) is 88.9 Å². The van der Waals surface area contributed by atoms with Gasteiger partial charge < -0.3 is 19.1 Å². The molecule has 1 aliphatic heterocycles. The lowest BCUT2D eigenvalue weighted by Gasteiger charge is -2.19. The minimum atomic E-state index is -0.720. The second kappa shape index (κ2) is 9.28. The van der Waals surface area contributed by atoms with E-state index in [1.807, 2.05) is 24.3 Å². The van der Waals surface area contributed by atoms with E-state index in [1.54, 1.807) is 17.9 Å². The Balaban J connectivity index is 2.15. The number of nitrogens with zero attached hydrogens (tertiary/aromatic N) is 2. The molecule has 0 atom stereocenters. The van der Waals surface area contributed by atoms with Gasteiger partial charge in [0.1, 0.15) is 6.07 Å². The number of carbonyl (C=O) groups is 2. The zero-order valence-electron chi connectivity index (χ0n) is 14.6. The highest BCUT2D eigenvalue weighted by atomic mass is 16.5. The summed E-state index contributed by atoms with van der Waals surface area (Å²) >= 11 is 0. The monoisotopic (exact) mass is 356 g/mol. The van der Waals surface area contributed by atoms with Gasteiger partial charge in [-0.25, -0.2) is 9.59 Å². The smallest absolute Gasteiger partial charge is 0.354 e. The molecule has 1 aromatic carbocycles. The summed E-state index contributed by atoms with van der Waals surface area (Å²) in [7, 11) is 0. The quantitative estimate of drug-likeness (QED) is 0.306. The van der Waals surface area contributed by atoms with Gasteiger partial charge in [-0.05, 0) is 31.9 Å². The first-order chi connectivity index (χ1) is 12.6. The van der Waals surface area contributed by atoms with E-state index in [0.717, 1.165) is 11.8 Å². The lowest BCUT2D eigenvalue weighted by Crippen LogP contribution is -2.25. The van der Waals surface area contributed by atoms with Crippen molar-refractivity contribution in [2.24, 2.45) is 0 Å². The number of rotatable bonds is 8. The van der Waals surface area contributed by atoms with Crippen LogP contribution in [-0.4, -0.2) is 31.7 Å². The molecule has 0 fully saturated rings. The summed E-state index contributed by atoms with van der Waals surface area (Å²) in [6, 6.07) is 9.15. The van der Waals surface area contributed by atoms with E-state index >= 15 is 0 Å². The van der Waals surface area contributed by atoms with E-state index in [0.29, 0.717) is 25.1 Å². The number of carbonyl (C=O) groups excluding carboxylic acids is 2. The minimum absolute atomic E-state index is 0.162. The van der Waals surface area contributed by atoms with Crippen molar-refractivity contribution in [3.05, 3.63) is 48.4 Å². The maximum atomic E-state index is 12.1. The van der Waals surface area contributed by atoms with Gasteiger partial charge in [0, 0.05) is 12.6 Å². The third-order valence-corrected chi connectivity index (χ3v) is 3.60.